The highest BCUT2D eigenvalue weighted by Crippen LogP contribution is 2.46. The molecule has 0 aromatic rings. The van der Waals surface area contributed by atoms with Crippen LogP contribution in [-0.2, 0) is 0 Å². The number of hydrogen-bond acceptors (Lipinski definition) is 0. The van der Waals surface area contributed by atoms with Crippen LogP contribution in [0.25, 0.3) is 0 Å². The van der Waals surface area contributed by atoms with Gasteiger partial charge >= 0.3 is 0 Å². The molecule has 0 unspecified atom stereocenters. The standard InChI is InChI=1S/C19H36/c1-12-13-15(18(6,7)8)16(19(9,10)11)14(2)17(3,4)5/h2,12-13H2,1,3-11H3/b16-15-. The summed E-state index contributed by atoms with van der Waals surface area (Å²) in [6.07, 6.45) is 2.37. The zero-order chi connectivity index (χ0) is 15.6. The van der Waals surface area contributed by atoms with Crippen LogP contribution in [0.3, 0.4) is 0 Å². The summed E-state index contributed by atoms with van der Waals surface area (Å²) in [6.45, 7) is 27.5. The Morgan fingerprint density at radius 2 is 1.16 bits per heavy atom. The van der Waals surface area contributed by atoms with Crippen molar-refractivity contribution in [2.24, 2.45) is 16.2 Å². The molecule has 0 aromatic heterocycles. The molecule has 0 heteroatoms. The molecule has 0 rings (SSSR count). The van der Waals surface area contributed by atoms with Crippen LogP contribution in [0, 0.1) is 16.2 Å². The molecule has 0 N–H and O–H groups in total. The van der Waals surface area contributed by atoms with E-state index in [0.717, 1.165) is 0 Å². The van der Waals surface area contributed by atoms with Crippen LogP contribution in [0.4, 0.5) is 0 Å². The quantitative estimate of drug-likeness (QED) is 0.493. The monoisotopic (exact) mass is 264 g/mol. The van der Waals surface area contributed by atoms with Crippen LogP contribution >= 0.6 is 0 Å². The van der Waals surface area contributed by atoms with E-state index >= 15 is 0 Å². The van der Waals surface area contributed by atoms with Crippen LogP contribution < -0.4 is 0 Å². The van der Waals surface area contributed by atoms with E-state index in [9.17, 15) is 0 Å². The molecule has 0 bridgehead atoms. The van der Waals surface area contributed by atoms with E-state index in [4.69, 9.17) is 0 Å². The summed E-state index contributed by atoms with van der Waals surface area (Å²) in [5, 5.41) is 0. The summed E-state index contributed by atoms with van der Waals surface area (Å²) in [4.78, 5) is 0. The Hall–Kier alpha value is -0.520. The second-order valence-electron chi connectivity index (χ2n) is 8.83. The number of allylic oxidation sites excluding steroid dienone is 3. The Kier molecular flexibility index (Phi) is 5.69. The van der Waals surface area contributed by atoms with Crippen molar-refractivity contribution in [2.45, 2.75) is 82.1 Å². The Balaban J connectivity index is 6.16. The summed E-state index contributed by atoms with van der Waals surface area (Å²) >= 11 is 0. The smallest absolute Gasteiger partial charge is 0.0129 e. The molecule has 0 spiro atoms. The molecule has 0 atom stereocenters. The molecule has 0 aliphatic carbocycles. The van der Waals surface area contributed by atoms with Crippen LogP contribution in [0.15, 0.2) is 23.3 Å². The highest BCUT2D eigenvalue weighted by atomic mass is 14.4. The van der Waals surface area contributed by atoms with Gasteiger partial charge in [-0.25, -0.2) is 0 Å². The van der Waals surface area contributed by atoms with Crippen molar-refractivity contribution in [2.75, 3.05) is 0 Å². The van der Waals surface area contributed by atoms with E-state index in [2.05, 4.69) is 75.8 Å². The third kappa shape index (κ3) is 5.16. The maximum atomic E-state index is 4.45. The lowest BCUT2D eigenvalue weighted by atomic mass is 9.67. The van der Waals surface area contributed by atoms with Crippen molar-refractivity contribution < 1.29 is 0 Å². The van der Waals surface area contributed by atoms with E-state index in [1.807, 2.05) is 0 Å². The molecule has 0 aliphatic heterocycles. The van der Waals surface area contributed by atoms with E-state index < -0.39 is 0 Å². The van der Waals surface area contributed by atoms with E-state index in [1.54, 1.807) is 5.57 Å². The second kappa shape index (κ2) is 5.85. The van der Waals surface area contributed by atoms with Gasteiger partial charge in [0.25, 0.3) is 0 Å². The molecule has 0 fully saturated rings. The summed E-state index contributed by atoms with van der Waals surface area (Å²) < 4.78 is 0. The van der Waals surface area contributed by atoms with E-state index in [0.29, 0.717) is 0 Å². The van der Waals surface area contributed by atoms with Crippen molar-refractivity contribution in [3.8, 4) is 0 Å². The average molecular weight is 264 g/mol. The van der Waals surface area contributed by atoms with E-state index in [-0.39, 0.29) is 16.2 Å². The number of hydrogen-bond donors (Lipinski definition) is 0. The fourth-order valence-corrected chi connectivity index (χ4v) is 2.59. The van der Waals surface area contributed by atoms with Gasteiger partial charge in [-0.2, -0.15) is 0 Å². The van der Waals surface area contributed by atoms with E-state index in [1.165, 1.54) is 24.0 Å². The van der Waals surface area contributed by atoms with Gasteiger partial charge in [-0.1, -0.05) is 87.8 Å². The first-order valence-electron chi connectivity index (χ1n) is 7.66. The van der Waals surface area contributed by atoms with Gasteiger partial charge in [-0.3, -0.25) is 0 Å². The summed E-state index contributed by atoms with van der Waals surface area (Å²) in [5.41, 5.74) is 4.89. The van der Waals surface area contributed by atoms with Gasteiger partial charge in [0.1, 0.15) is 0 Å². The normalized spacial score (nSPS) is 15.3. The van der Waals surface area contributed by atoms with Crippen LogP contribution in [-0.4, -0.2) is 0 Å². The lowest BCUT2D eigenvalue weighted by Gasteiger charge is -2.38. The minimum atomic E-state index is 0.132. The van der Waals surface area contributed by atoms with Crippen molar-refractivity contribution in [3.05, 3.63) is 23.3 Å². The van der Waals surface area contributed by atoms with Gasteiger partial charge in [0.2, 0.25) is 0 Å². The predicted molar refractivity (Wildman–Crippen MR) is 89.4 cm³/mol. The SMILES string of the molecule is C=C(/C(=C(\CCC)C(C)(C)C)C(C)(C)C)C(C)(C)C. The van der Waals surface area contributed by atoms with Gasteiger partial charge in [-0.05, 0) is 33.8 Å². The highest BCUT2D eigenvalue weighted by Gasteiger charge is 2.32. The van der Waals surface area contributed by atoms with Crippen LogP contribution in [0.5, 0.6) is 0 Å². The first-order valence-corrected chi connectivity index (χ1v) is 7.66. The predicted octanol–water partition coefficient (Wildman–Crippen LogP) is 6.78. The molecule has 0 nitrogen and oxygen atoms in total. The molecular weight excluding hydrogens is 228 g/mol. The maximum absolute atomic E-state index is 4.45. The molecule has 0 amide bonds. The van der Waals surface area contributed by atoms with Gasteiger partial charge in [0.15, 0.2) is 0 Å². The lowest BCUT2D eigenvalue weighted by molar-refractivity contribution is 0.406. The van der Waals surface area contributed by atoms with Gasteiger partial charge < -0.3 is 0 Å². The maximum Gasteiger partial charge on any atom is -0.0129 e. The molecule has 0 heterocycles. The Morgan fingerprint density at radius 1 is 0.737 bits per heavy atom. The zero-order valence-electron chi connectivity index (χ0n) is 15.1. The molecule has 19 heavy (non-hydrogen) atoms. The van der Waals surface area contributed by atoms with Crippen LogP contribution in [0.2, 0.25) is 0 Å². The summed E-state index contributed by atoms with van der Waals surface area (Å²) in [5.74, 6) is 0. The first kappa shape index (κ1) is 18.5. The minimum Gasteiger partial charge on any atom is -0.0950 e. The molecule has 0 saturated heterocycles. The topological polar surface area (TPSA) is 0 Å². The molecule has 112 valence electrons. The summed E-state index contributed by atoms with van der Waals surface area (Å²) in [7, 11) is 0. The summed E-state index contributed by atoms with van der Waals surface area (Å²) in [6, 6.07) is 0. The highest BCUT2D eigenvalue weighted by molar-refractivity contribution is 5.42. The van der Waals surface area contributed by atoms with Crippen molar-refractivity contribution in [1.82, 2.24) is 0 Å². The van der Waals surface area contributed by atoms with Crippen molar-refractivity contribution in [1.29, 1.82) is 0 Å². The third-order valence-corrected chi connectivity index (χ3v) is 3.66. The zero-order valence-corrected chi connectivity index (χ0v) is 15.1. The van der Waals surface area contributed by atoms with Gasteiger partial charge in [-0.15, -0.1) is 0 Å². The molecular formula is C19H36. The first-order chi connectivity index (χ1) is 8.23. The Morgan fingerprint density at radius 3 is 1.37 bits per heavy atom. The Bertz CT molecular complexity index is 345. The van der Waals surface area contributed by atoms with Crippen molar-refractivity contribution >= 4 is 0 Å². The number of rotatable bonds is 3. The fourth-order valence-electron chi connectivity index (χ4n) is 2.59. The Labute approximate surface area is 122 Å². The van der Waals surface area contributed by atoms with Gasteiger partial charge in [0.05, 0.1) is 0 Å². The fraction of sp³-hybridized carbons (Fsp3) is 0.789. The largest absolute Gasteiger partial charge is 0.0950 e. The molecule has 0 saturated carbocycles. The minimum absolute atomic E-state index is 0.132. The molecule has 0 radical (unpaired) electrons. The second-order valence-corrected chi connectivity index (χ2v) is 8.83. The molecule has 0 aromatic carbocycles. The van der Waals surface area contributed by atoms with Crippen molar-refractivity contribution in [3.63, 3.8) is 0 Å². The average Bonchev–Trinajstić information content (AvgIpc) is 2.11. The van der Waals surface area contributed by atoms with Gasteiger partial charge in [0, 0.05) is 0 Å². The molecule has 0 aliphatic rings. The lowest BCUT2D eigenvalue weighted by Crippen LogP contribution is -2.25. The third-order valence-electron chi connectivity index (χ3n) is 3.66. The van der Waals surface area contributed by atoms with Crippen LogP contribution in [0.1, 0.15) is 82.1 Å².